The van der Waals surface area contributed by atoms with Crippen LogP contribution in [0.5, 0.6) is 5.75 Å². The quantitative estimate of drug-likeness (QED) is 0.815. The topological polar surface area (TPSA) is 77.8 Å². The molecule has 2 N–H and O–H groups in total. The number of rotatable bonds is 4. The third-order valence-corrected chi connectivity index (χ3v) is 4.61. The van der Waals surface area contributed by atoms with Crippen LogP contribution in [0.15, 0.2) is 29.2 Å². The Morgan fingerprint density at radius 3 is 2.30 bits per heavy atom. The van der Waals surface area contributed by atoms with Crippen molar-refractivity contribution in [1.29, 1.82) is 0 Å². The van der Waals surface area contributed by atoms with Gasteiger partial charge in [-0.05, 0) is 24.3 Å². The highest BCUT2D eigenvalue weighted by Crippen LogP contribution is 2.38. The number of alkyl halides is 3. The van der Waals surface area contributed by atoms with Crippen LogP contribution in [0.1, 0.15) is 0 Å². The molecule has 1 amide bonds. The summed E-state index contributed by atoms with van der Waals surface area (Å²) < 4.78 is 38.6. The number of carboxylic acid groups (broad SMARTS) is 1. The Bertz CT molecular complexity index is 591. The summed E-state index contributed by atoms with van der Waals surface area (Å²) in [6.45, 7) is -1.07. The number of amides is 1. The van der Waals surface area contributed by atoms with Gasteiger partial charge in [0.2, 0.25) is 5.91 Å². The molecule has 1 heterocycles. The first-order chi connectivity index (χ1) is 10.7. The predicted octanol–water partition coefficient (Wildman–Crippen LogP) is 2.21. The van der Waals surface area contributed by atoms with Crippen molar-refractivity contribution < 1.29 is 33.0 Å². The minimum atomic E-state index is -4.65. The maximum Gasteiger partial charge on any atom is 0.394 e. The number of hydrogen-bond acceptors (Lipinski definition) is 4. The number of benzene rings is 1. The van der Waals surface area contributed by atoms with E-state index in [1.54, 1.807) is 12.1 Å². The van der Waals surface area contributed by atoms with E-state index in [1.165, 1.54) is 12.1 Å². The first-order valence-electron chi connectivity index (χ1n) is 6.67. The Hall–Kier alpha value is -1.90. The molecule has 0 aliphatic carbocycles. The van der Waals surface area contributed by atoms with E-state index in [2.05, 4.69) is 0 Å². The molecule has 2 rings (SSSR count). The molecule has 0 spiro atoms. The van der Waals surface area contributed by atoms with Crippen LogP contribution in [0.2, 0.25) is 0 Å². The molecule has 0 aromatic heterocycles. The van der Waals surface area contributed by atoms with Crippen LogP contribution in [-0.2, 0) is 9.59 Å². The Labute approximate surface area is 134 Å². The number of nitrogens with zero attached hydrogens (tertiary/aromatic N) is 1. The number of aromatic hydroxyl groups is 1. The smallest absolute Gasteiger partial charge is 0.394 e. The zero-order valence-corrected chi connectivity index (χ0v) is 12.6. The van der Waals surface area contributed by atoms with E-state index in [1.807, 2.05) is 0 Å². The highest BCUT2D eigenvalue weighted by atomic mass is 32.2. The molecule has 1 saturated heterocycles. The minimum Gasteiger partial charge on any atom is -0.508 e. The van der Waals surface area contributed by atoms with E-state index in [0.717, 1.165) is 16.7 Å². The number of phenolic OH excluding ortho intramolecular Hbond substituents is 1. The average molecular weight is 349 g/mol. The summed E-state index contributed by atoms with van der Waals surface area (Å²) in [6, 6.07) is 6.03. The molecule has 2 atom stereocenters. The van der Waals surface area contributed by atoms with E-state index in [0.29, 0.717) is 4.90 Å². The molecule has 0 bridgehead atoms. The second kappa shape index (κ2) is 6.69. The fourth-order valence-corrected chi connectivity index (χ4v) is 3.17. The number of aliphatic carboxylic acids is 1. The number of carbonyl (C=O) groups excluding carboxylic acids is 1. The van der Waals surface area contributed by atoms with Crippen LogP contribution in [0.4, 0.5) is 13.2 Å². The zero-order valence-electron chi connectivity index (χ0n) is 11.8. The standard InChI is InChI=1S/C14H14F3NO4S/c15-14(16,17)11-6-18(5-10(11)13(21)22)12(20)7-23-9-3-1-8(19)2-4-9/h1-4,10-11,19H,5-7H2,(H,21,22)/t10-,11-/m1/s1. The van der Waals surface area contributed by atoms with Crippen LogP contribution in [0.3, 0.4) is 0 Å². The highest BCUT2D eigenvalue weighted by molar-refractivity contribution is 8.00. The zero-order chi connectivity index (χ0) is 17.2. The number of carboxylic acids is 1. The molecule has 0 radical (unpaired) electrons. The predicted molar refractivity (Wildman–Crippen MR) is 76.1 cm³/mol. The van der Waals surface area contributed by atoms with Gasteiger partial charge in [0.05, 0.1) is 17.6 Å². The maximum absolute atomic E-state index is 12.9. The molecule has 1 aromatic carbocycles. The lowest BCUT2D eigenvalue weighted by atomic mass is 9.96. The first kappa shape index (κ1) is 17.5. The fourth-order valence-electron chi connectivity index (χ4n) is 2.37. The number of likely N-dealkylation sites (tertiary alicyclic amines) is 1. The third kappa shape index (κ3) is 4.31. The summed E-state index contributed by atoms with van der Waals surface area (Å²) in [4.78, 5) is 24.6. The van der Waals surface area contributed by atoms with Crippen molar-refractivity contribution in [3.05, 3.63) is 24.3 Å². The van der Waals surface area contributed by atoms with Gasteiger partial charge in [-0.1, -0.05) is 0 Å². The van der Waals surface area contributed by atoms with Crippen LogP contribution >= 0.6 is 11.8 Å². The van der Waals surface area contributed by atoms with Crippen molar-refractivity contribution in [1.82, 2.24) is 4.90 Å². The monoisotopic (exact) mass is 349 g/mol. The normalized spacial score (nSPS) is 21.4. The summed E-state index contributed by atoms with van der Waals surface area (Å²) in [5.74, 6) is -5.78. The molecule has 1 aliphatic rings. The molecule has 0 saturated carbocycles. The number of phenols is 1. The molecule has 23 heavy (non-hydrogen) atoms. The molecule has 1 aliphatic heterocycles. The molecule has 126 valence electrons. The highest BCUT2D eigenvalue weighted by Gasteiger charge is 2.53. The lowest BCUT2D eigenvalue weighted by molar-refractivity contribution is -0.188. The molecule has 1 aromatic rings. The minimum absolute atomic E-state index is 0.0672. The SMILES string of the molecule is O=C(O)[C@@H]1CN(C(=O)CSc2ccc(O)cc2)C[C@H]1C(F)(F)F. The van der Waals surface area contributed by atoms with Crippen molar-refractivity contribution in [2.24, 2.45) is 11.8 Å². The second-order valence-electron chi connectivity index (χ2n) is 5.17. The van der Waals surface area contributed by atoms with Crippen LogP contribution < -0.4 is 0 Å². The Kier molecular flexibility index (Phi) is 5.08. The van der Waals surface area contributed by atoms with Gasteiger partial charge in [-0.25, -0.2) is 0 Å². The van der Waals surface area contributed by atoms with E-state index in [4.69, 9.17) is 10.2 Å². The van der Waals surface area contributed by atoms with Gasteiger partial charge in [-0.3, -0.25) is 9.59 Å². The molecular formula is C14H14F3NO4S. The third-order valence-electron chi connectivity index (χ3n) is 3.61. The van der Waals surface area contributed by atoms with Gasteiger partial charge in [0.1, 0.15) is 5.75 Å². The second-order valence-corrected chi connectivity index (χ2v) is 6.22. The first-order valence-corrected chi connectivity index (χ1v) is 7.66. The molecular weight excluding hydrogens is 335 g/mol. The summed E-state index contributed by atoms with van der Waals surface area (Å²) in [7, 11) is 0. The number of hydrogen-bond donors (Lipinski definition) is 2. The van der Waals surface area contributed by atoms with Gasteiger partial charge in [-0.15, -0.1) is 11.8 Å². The number of carbonyl (C=O) groups is 2. The molecule has 9 heteroatoms. The summed E-state index contributed by atoms with van der Waals surface area (Å²) in [5.41, 5.74) is 0. The summed E-state index contributed by atoms with van der Waals surface area (Å²) in [6.07, 6.45) is -4.65. The lowest BCUT2D eigenvalue weighted by Crippen LogP contribution is -2.34. The number of halogens is 3. The van der Waals surface area contributed by atoms with Crippen LogP contribution in [-0.4, -0.2) is 52.0 Å². The Balaban J connectivity index is 1.97. The molecule has 5 nitrogen and oxygen atoms in total. The average Bonchev–Trinajstić information content (AvgIpc) is 2.92. The molecule has 1 fully saturated rings. The van der Waals surface area contributed by atoms with E-state index in [9.17, 15) is 22.8 Å². The van der Waals surface area contributed by atoms with Gasteiger partial charge in [0.15, 0.2) is 0 Å². The van der Waals surface area contributed by atoms with Crippen molar-refractivity contribution in [3.8, 4) is 5.75 Å². The van der Waals surface area contributed by atoms with Crippen LogP contribution in [0, 0.1) is 11.8 Å². The largest absolute Gasteiger partial charge is 0.508 e. The van der Waals surface area contributed by atoms with Gasteiger partial charge in [0.25, 0.3) is 0 Å². The lowest BCUT2D eigenvalue weighted by Gasteiger charge is -2.18. The Morgan fingerprint density at radius 2 is 1.83 bits per heavy atom. The van der Waals surface area contributed by atoms with E-state index >= 15 is 0 Å². The molecule has 0 unspecified atom stereocenters. The van der Waals surface area contributed by atoms with Gasteiger partial charge in [0, 0.05) is 18.0 Å². The van der Waals surface area contributed by atoms with E-state index < -0.39 is 43.0 Å². The van der Waals surface area contributed by atoms with Crippen molar-refractivity contribution in [3.63, 3.8) is 0 Å². The van der Waals surface area contributed by atoms with Gasteiger partial charge >= 0.3 is 12.1 Å². The fraction of sp³-hybridized carbons (Fsp3) is 0.429. The Morgan fingerprint density at radius 1 is 1.22 bits per heavy atom. The van der Waals surface area contributed by atoms with Crippen molar-refractivity contribution >= 4 is 23.6 Å². The summed E-state index contributed by atoms with van der Waals surface area (Å²) >= 11 is 1.11. The van der Waals surface area contributed by atoms with Crippen LogP contribution in [0.25, 0.3) is 0 Å². The number of thioether (sulfide) groups is 1. The van der Waals surface area contributed by atoms with Gasteiger partial charge < -0.3 is 15.1 Å². The maximum atomic E-state index is 12.9. The summed E-state index contributed by atoms with van der Waals surface area (Å²) in [5, 5.41) is 18.1. The van der Waals surface area contributed by atoms with Crippen molar-refractivity contribution in [2.45, 2.75) is 11.1 Å². The van der Waals surface area contributed by atoms with Gasteiger partial charge in [-0.2, -0.15) is 13.2 Å². The van der Waals surface area contributed by atoms with Crippen molar-refractivity contribution in [2.75, 3.05) is 18.8 Å². The van der Waals surface area contributed by atoms with E-state index in [-0.39, 0.29) is 11.5 Å².